The molecule has 0 radical (unpaired) electrons. The summed E-state index contributed by atoms with van der Waals surface area (Å²) in [5.41, 5.74) is 0. The Balaban J connectivity index is 1.60. The number of tetrazole rings is 1. The second-order valence-electron chi connectivity index (χ2n) is 4.61. The first-order chi connectivity index (χ1) is 9.65. The average Bonchev–Trinajstić information content (AvgIpc) is 3.11. The Hall–Kier alpha value is -1.97. The molecule has 3 amide bonds. The number of rotatable bonds is 3. The standard InChI is InChI=1S/C10H12N6O3S/c17-8(4-15-6-11-12-13-15)14-2-1-7(3-14)16-9(18)5-20-10(16)19/h6-7H,1-5H2. The van der Waals surface area contributed by atoms with E-state index in [-0.39, 0.29) is 35.4 Å². The highest BCUT2D eigenvalue weighted by molar-refractivity contribution is 8.14. The van der Waals surface area contributed by atoms with Gasteiger partial charge in [-0.25, -0.2) is 4.68 Å². The van der Waals surface area contributed by atoms with Crippen molar-refractivity contribution in [2.45, 2.75) is 19.0 Å². The fraction of sp³-hybridized carbons (Fsp3) is 0.600. The molecule has 106 valence electrons. The molecule has 10 heteroatoms. The maximum absolute atomic E-state index is 12.1. The van der Waals surface area contributed by atoms with Crippen molar-refractivity contribution in [1.82, 2.24) is 30.0 Å². The first-order valence-corrected chi connectivity index (χ1v) is 7.11. The van der Waals surface area contributed by atoms with Crippen molar-refractivity contribution >= 4 is 28.8 Å². The zero-order chi connectivity index (χ0) is 14.1. The summed E-state index contributed by atoms with van der Waals surface area (Å²) >= 11 is 1.02. The summed E-state index contributed by atoms with van der Waals surface area (Å²) in [4.78, 5) is 38.3. The van der Waals surface area contributed by atoms with E-state index in [1.165, 1.54) is 15.9 Å². The minimum atomic E-state index is -0.213. The summed E-state index contributed by atoms with van der Waals surface area (Å²) in [7, 11) is 0. The van der Waals surface area contributed by atoms with Crippen LogP contribution in [-0.4, -0.2) is 71.9 Å². The molecule has 1 atom stereocenters. The van der Waals surface area contributed by atoms with Crippen LogP contribution in [0, 0.1) is 0 Å². The lowest BCUT2D eigenvalue weighted by molar-refractivity contribution is -0.132. The quantitative estimate of drug-likeness (QED) is 0.702. The molecule has 0 spiro atoms. The van der Waals surface area contributed by atoms with E-state index in [1.54, 1.807) is 4.90 Å². The van der Waals surface area contributed by atoms with Gasteiger partial charge in [-0.05, 0) is 16.8 Å². The largest absolute Gasteiger partial charge is 0.339 e. The third kappa shape index (κ3) is 2.38. The fourth-order valence-electron chi connectivity index (χ4n) is 2.39. The predicted molar refractivity (Wildman–Crippen MR) is 67.5 cm³/mol. The average molecular weight is 296 g/mol. The van der Waals surface area contributed by atoms with Crippen LogP contribution in [0.1, 0.15) is 6.42 Å². The monoisotopic (exact) mass is 296 g/mol. The molecular formula is C10H12N6O3S. The van der Waals surface area contributed by atoms with Crippen molar-refractivity contribution in [2.24, 2.45) is 0 Å². The van der Waals surface area contributed by atoms with E-state index in [2.05, 4.69) is 15.5 Å². The molecule has 9 nitrogen and oxygen atoms in total. The van der Waals surface area contributed by atoms with Crippen molar-refractivity contribution in [1.29, 1.82) is 0 Å². The molecule has 20 heavy (non-hydrogen) atoms. The van der Waals surface area contributed by atoms with Crippen molar-refractivity contribution in [3.8, 4) is 0 Å². The second-order valence-corrected chi connectivity index (χ2v) is 5.53. The Labute approximate surface area is 118 Å². The molecule has 3 heterocycles. The van der Waals surface area contributed by atoms with Gasteiger partial charge in [-0.3, -0.25) is 19.3 Å². The first kappa shape index (κ1) is 13.0. The number of hydrogen-bond acceptors (Lipinski definition) is 7. The Kier molecular flexibility index (Phi) is 3.38. The molecule has 2 aliphatic heterocycles. The van der Waals surface area contributed by atoms with Gasteiger partial charge in [0.05, 0.1) is 11.8 Å². The molecule has 2 aliphatic rings. The zero-order valence-electron chi connectivity index (χ0n) is 10.5. The van der Waals surface area contributed by atoms with Crippen LogP contribution >= 0.6 is 11.8 Å². The van der Waals surface area contributed by atoms with Gasteiger partial charge in [0.15, 0.2) is 0 Å². The highest BCUT2D eigenvalue weighted by Gasteiger charge is 2.40. The SMILES string of the molecule is O=C(Cn1cnnn1)N1CCC(N2C(=O)CSC2=O)C1. The van der Waals surface area contributed by atoms with Gasteiger partial charge in [0.2, 0.25) is 11.8 Å². The lowest BCUT2D eigenvalue weighted by Crippen LogP contribution is -2.42. The van der Waals surface area contributed by atoms with Crippen molar-refractivity contribution in [3.63, 3.8) is 0 Å². The second kappa shape index (κ2) is 5.19. The third-order valence-corrected chi connectivity index (χ3v) is 4.19. The van der Waals surface area contributed by atoms with E-state index in [0.717, 1.165) is 11.8 Å². The van der Waals surface area contributed by atoms with E-state index in [9.17, 15) is 14.4 Å². The van der Waals surface area contributed by atoms with Crippen LogP contribution in [0.2, 0.25) is 0 Å². The number of aromatic nitrogens is 4. The summed E-state index contributed by atoms with van der Waals surface area (Å²) in [5, 5.41) is 10.3. The Morgan fingerprint density at radius 2 is 2.30 bits per heavy atom. The lowest BCUT2D eigenvalue weighted by atomic mass is 10.2. The van der Waals surface area contributed by atoms with Gasteiger partial charge in [-0.2, -0.15) is 0 Å². The van der Waals surface area contributed by atoms with Crippen LogP contribution < -0.4 is 0 Å². The minimum absolute atomic E-state index is 0.0658. The number of carbonyl (C=O) groups is 3. The third-order valence-electron chi connectivity index (χ3n) is 3.35. The molecule has 1 aromatic rings. The number of carbonyl (C=O) groups excluding carboxylic acids is 3. The van der Waals surface area contributed by atoms with Gasteiger partial charge in [-0.1, -0.05) is 11.8 Å². The molecule has 0 bridgehead atoms. The predicted octanol–water partition coefficient (Wildman–Crippen LogP) is -1.03. The van der Waals surface area contributed by atoms with E-state index >= 15 is 0 Å². The fourth-order valence-corrected chi connectivity index (χ4v) is 3.16. The Morgan fingerprint density at radius 1 is 1.45 bits per heavy atom. The highest BCUT2D eigenvalue weighted by atomic mass is 32.2. The number of amides is 3. The van der Waals surface area contributed by atoms with Gasteiger partial charge in [-0.15, -0.1) is 5.10 Å². The maximum atomic E-state index is 12.1. The molecule has 0 aromatic carbocycles. The summed E-state index contributed by atoms with van der Waals surface area (Å²) in [6.45, 7) is 0.989. The van der Waals surface area contributed by atoms with Crippen LogP contribution in [0.3, 0.4) is 0 Å². The molecule has 0 N–H and O–H groups in total. The Morgan fingerprint density at radius 3 is 2.95 bits per heavy atom. The number of imide groups is 1. The number of hydrogen-bond donors (Lipinski definition) is 0. The summed E-state index contributed by atoms with van der Waals surface area (Å²) in [5.74, 6) is -0.0835. The van der Waals surface area contributed by atoms with Gasteiger partial charge in [0.25, 0.3) is 5.24 Å². The molecule has 1 unspecified atom stereocenters. The first-order valence-electron chi connectivity index (χ1n) is 6.12. The normalized spacial score (nSPS) is 22.9. The molecule has 2 saturated heterocycles. The van der Waals surface area contributed by atoms with Crippen molar-refractivity contribution < 1.29 is 14.4 Å². The van der Waals surface area contributed by atoms with Crippen LogP contribution in [0.4, 0.5) is 4.79 Å². The number of thioether (sulfide) groups is 1. The van der Waals surface area contributed by atoms with Gasteiger partial charge in [0.1, 0.15) is 12.9 Å². The molecule has 3 rings (SSSR count). The molecule has 2 fully saturated rings. The van der Waals surface area contributed by atoms with Crippen molar-refractivity contribution in [2.75, 3.05) is 18.8 Å². The van der Waals surface area contributed by atoms with Crippen molar-refractivity contribution in [3.05, 3.63) is 6.33 Å². The lowest BCUT2D eigenvalue weighted by Gasteiger charge is -2.21. The summed E-state index contributed by atoms with van der Waals surface area (Å²) in [6, 6.07) is -0.206. The number of nitrogens with zero attached hydrogens (tertiary/aromatic N) is 6. The summed E-state index contributed by atoms with van der Waals surface area (Å²) < 4.78 is 1.34. The molecular weight excluding hydrogens is 284 g/mol. The molecule has 1 aromatic heterocycles. The van der Waals surface area contributed by atoms with Crippen LogP contribution in [0.15, 0.2) is 6.33 Å². The van der Waals surface area contributed by atoms with E-state index in [1.807, 2.05) is 0 Å². The molecule has 0 saturated carbocycles. The van der Waals surface area contributed by atoms with E-state index in [4.69, 9.17) is 0 Å². The van der Waals surface area contributed by atoms with Gasteiger partial charge in [0, 0.05) is 13.1 Å². The maximum Gasteiger partial charge on any atom is 0.289 e. The Bertz CT molecular complexity index is 531. The highest BCUT2D eigenvalue weighted by Crippen LogP contribution is 2.26. The zero-order valence-corrected chi connectivity index (χ0v) is 11.3. The summed E-state index contributed by atoms with van der Waals surface area (Å²) in [6.07, 6.45) is 2.00. The topological polar surface area (TPSA) is 101 Å². The van der Waals surface area contributed by atoms with Crippen LogP contribution in [-0.2, 0) is 16.1 Å². The van der Waals surface area contributed by atoms with E-state index < -0.39 is 0 Å². The molecule has 0 aliphatic carbocycles. The van der Waals surface area contributed by atoms with E-state index in [0.29, 0.717) is 19.5 Å². The minimum Gasteiger partial charge on any atom is -0.339 e. The smallest absolute Gasteiger partial charge is 0.289 e. The van der Waals surface area contributed by atoms with Gasteiger partial charge < -0.3 is 4.90 Å². The van der Waals surface area contributed by atoms with Crippen LogP contribution in [0.5, 0.6) is 0 Å². The number of likely N-dealkylation sites (tertiary alicyclic amines) is 1. The van der Waals surface area contributed by atoms with Gasteiger partial charge >= 0.3 is 0 Å². The van der Waals surface area contributed by atoms with Crippen LogP contribution in [0.25, 0.3) is 0 Å².